The highest BCUT2D eigenvalue weighted by Gasteiger charge is 2.34. The van der Waals surface area contributed by atoms with E-state index in [2.05, 4.69) is 15.4 Å². The van der Waals surface area contributed by atoms with Crippen LogP contribution in [-0.2, 0) is 35.2 Å². The van der Waals surface area contributed by atoms with Crippen molar-refractivity contribution in [3.63, 3.8) is 0 Å². The van der Waals surface area contributed by atoms with Crippen LogP contribution in [0.4, 0.5) is 10.5 Å². The number of hydrogen-bond donors (Lipinski definition) is 2. The number of non-ortho nitro benzene ring substituents is 1. The Hall–Kier alpha value is -4.48. The number of nitrogens with one attached hydrogen (secondary N) is 2. The van der Waals surface area contributed by atoms with Gasteiger partial charge in [-0.15, -0.1) is 0 Å². The largest absolute Gasteiger partial charge is 0.469 e. The summed E-state index contributed by atoms with van der Waals surface area (Å²) in [5.41, 5.74) is 0.918. The molecule has 0 fully saturated rings. The summed E-state index contributed by atoms with van der Waals surface area (Å²) in [6.07, 6.45) is -1.18. The molecule has 12 nitrogen and oxygen atoms in total. The fourth-order valence-corrected chi connectivity index (χ4v) is 3.14. The van der Waals surface area contributed by atoms with E-state index in [1.165, 1.54) is 24.3 Å². The summed E-state index contributed by atoms with van der Waals surface area (Å²) in [5, 5.41) is 15.7. The molecule has 0 aliphatic heterocycles. The van der Waals surface area contributed by atoms with Crippen LogP contribution in [0.5, 0.6) is 0 Å². The van der Waals surface area contributed by atoms with Crippen molar-refractivity contribution in [1.29, 1.82) is 0 Å². The van der Waals surface area contributed by atoms with Gasteiger partial charge in [0.05, 0.1) is 25.6 Å². The van der Waals surface area contributed by atoms with Gasteiger partial charge in [-0.2, -0.15) is 0 Å². The van der Waals surface area contributed by atoms with Crippen LogP contribution < -0.4 is 10.6 Å². The molecule has 0 radical (unpaired) electrons. The first kappa shape index (κ1) is 26.8. The van der Waals surface area contributed by atoms with Crippen LogP contribution in [0.3, 0.4) is 0 Å². The van der Waals surface area contributed by atoms with E-state index >= 15 is 0 Å². The lowest BCUT2D eigenvalue weighted by Gasteiger charge is -2.26. The van der Waals surface area contributed by atoms with Gasteiger partial charge >= 0.3 is 18.0 Å². The van der Waals surface area contributed by atoms with Gasteiger partial charge in [-0.05, 0) is 11.1 Å². The molecule has 2 atom stereocenters. The number of ether oxygens (including phenoxy) is 3. The lowest BCUT2D eigenvalue weighted by molar-refractivity contribution is -0.384. The normalized spacial score (nSPS) is 11.9. The summed E-state index contributed by atoms with van der Waals surface area (Å²) >= 11 is 0. The lowest BCUT2D eigenvalue weighted by Crippen LogP contribution is -2.49. The van der Waals surface area contributed by atoms with Gasteiger partial charge in [0.25, 0.3) is 5.69 Å². The summed E-state index contributed by atoms with van der Waals surface area (Å²) in [7, 11) is 2.26. The Morgan fingerprint density at radius 3 is 2.20 bits per heavy atom. The van der Waals surface area contributed by atoms with Crippen molar-refractivity contribution in [1.82, 2.24) is 10.6 Å². The molecule has 12 heteroatoms. The number of alkyl carbamates (subject to hydrolysis) is 1. The van der Waals surface area contributed by atoms with Gasteiger partial charge in [-0.25, -0.2) is 9.59 Å². The fourth-order valence-electron chi connectivity index (χ4n) is 3.14. The van der Waals surface area contributed by atoms with E-state index in [0.29, 0.717) is 5.56 Å². The van der Waals surface area contributed by atoms with E-state index in [0.717, 1.165) is 19.8 Å². The second-order valence-electron chi connectivity index (χ2n) is 7.22. The predicted molar refractivity (Wildman–Crippen MR) is 121 cm³/mol. The molecule has 0 spiro atoms. The van der Waals surface area contributed by atoms with Crippen LogP contribution in [0.15, 0.2) is 54.6 Å². The number of benzene rings is 2. The Balaban J connectivity index is 2.09. The van der Waals surface area contributed by atoms with Crippen LogP contribution in [0, 0.1) is 10.1 Å². The molecule has 2 N–H and O–H groups in total. The molecular weight excluding hydrogens is 462 g/mol. The second kappa shape index (κ2) is 13.3. The van der Waals surface area contributed by atoms with E-state index in [9.17, 15) is 29.3 Å². The van der Waals surface area contributed by atoms with Gasteiger partial charge < -0.3 is 24.8 Å². The van der Waals surface area contributed by atoms with Crippen LogP contribution in [-0.4, -0.2) is 55.7 Å². The molecular formula is C23H25N3O9. The molecule has 2 aromatic carbocycles. The minimum Gasteiger partial charge on any atom is -0.469 e. The molecule has 0 saturated heterocycles. The summed E-state index contributed by atoms with van der Waals surface area (Å²) in [5.74, 6) is -3.27. The molecule has 0 aromatic heterocycles. The van der Waals surface area contributed by atoms with Crippen LogP contribution in [0.25, 0.3) is 0 Å². The van der Waals surface area contributed by atoms with E-state index in [1.807, 2.05) is 6.07 Å². The summed E-state index contributed by atoms with van der Waals surface area (Å²) in [6, 6.07) is 12.7. The Labute approximate surface area is 200 Å². The molecule has 186 valence electrons. The monoisotopic (exact) mass is 487 g/mol. The van der Waals surface area contributed by atoms with Gasteiger partial charge in [0.1, 0.15) is 19.2 Å². The predicted octanol–water partition coefficient (Wildman–Crippen LogP) is 1.83. The molecule has 2 rings (SSSR count). The molecule has 2 aromatic rings. The maximum Gasteiger partial charge on any atom is 0.407 e. The number of hydrogen-bond acceptors (Lipinski definition) is 9. The number of esters is 2. The van der Waals surface area contributed by atoms with Gasteiger partial charge in [-0.3, -0.25) is 19.7 Å². The number of methoxy groups -OCH3 is 2. The Morgan fingerprint density at radius 2 is 1.63 bits per heavy atom. The first-order valence-electron chi connectivity index (χ1n) is 10.4. The molecule has 0 saturated carbocycles. The quantitative estimate of drug-likeness (QED) is 0.208. The fraction of sp³-hybridized carbons (Fsp3) is 0.304. The summed E-state index contributed by atoms with van der Waals surface area (Å²) in [4.78, 5) is 59.3. The third kappa shape index (κ3) is 8.42. The highest BCUT2D eigenvalue weighted by Crippen LogP contribution is 2.27. The molecule has 0 unspecified atom stereocenters. The van der Waals surface area contributed by atoms with Crippen molar-refractivity contribution in [2.24, 2.45) is 0 Å². The third-order valence-electron chi connectivity index (χ3n) is 4.93. The van der Waals surface area contributed by atoms with Crippen LogP contribution in [0.2, 0.25) is 0 Å². The van der Waals surface area contributed by atoms with E-state index < -0.39 is 47.4 Å². The number of carbonyl (C=O) groups excluding carboxylic acids is 4. The summed E-state index contributed by atoms with van der Waals surface area (Å²) in [6.45, 7) is -0.521. The number of carbonyl (C=O) groups is 4. The summed E-state index contributed by atoms with van der Waals surface area (Å²) < 4.78 is 14.5. The van der Waals surface area contributed by atoms with Crippen molar-refractivity contribution in [3.8, 4) is 0 Å². The smallest absolute Gasteiger partial charge is 0.407 e. The lowest BCUT2D eigenvalue weighted by atomic mass is 9.88. The number of nitro groups is 1. The Morgan fingerprint density at radius 1 is 0.971 bits per heavy atom. The maximum atomic E-state index is 12.5. The van der Waals surface area contributed by atoms with Crippen LogP contribution >= 0.6 is 0 Å². The van der Waals surface area contributed by atoms with Gasteiger partial charge in [0, 0.05) is 18.1 Å². The minimum absolute atomic E-state index is 0.000422. The average Bonchev–Trinajstić information content (AvgIpc) is 2.88. The Kier molecular flexibility index (Phi) is 10.2. The molecule has 2 amide bonds. The van der Waals surface area contributed by atoms with Gasteiger partial charge in [0.15, 0.2) is 0 Å². The van der Waals surface area contributed by atoms with Crippen molar-refractivity contribution < 1.29 is 38.3 Å². The Bertz CT molecular complexity index is 1040. The average molecular weight is 487 g/mol. The molecule has 0 aliphatic carbocycles. The van der Waals surface area contributed by atoms with Crippen molar-refractivity contribution in [2.45, 2.75) is 25.0 Å². The van der Waals surface area contributed by atoms with Crippen molar-refractivity contribution in [2.75, 3.05) is 20.8 Å². The topological polar surface area (TPSA) is 163 Å². The molecule has 0 aliphatic rings. The van der Waals surface area contributed by atoms with E-state index in [-0.39, 0.29) is 18.7 Å². The number of amides is 2. The highest BCUT2D eigenvalue weighted by molar-refractivity contribution is 5.88. The molecule has 0 heterocycles. The minimum atomic E-state index is -1.35. The van der Waals surface area contributed by atoms with Crippen molar-refractivity contribution >= 4 is 29.6 Å². The van der Waals surface area contributed by atoms with E-state index in [4.69, 9.17) is 9.47 Å². The highest BCUT2D eigenvalue weighted by atomic mass is 16.6. The van der Waals surface area contributed by atoms with E-state index in [1.54, 1.807) is 24.3 Å². The van der Waals surface area contributed by atoms with Crippen molar-refractivity contribution in [3.05, 3.63) is 75.8 Å². The molecule has 0 bridgehead atoms. The number of rotatable bonds is 11. The van der Waals surface area contributed by atoms with Gasteiger partial charge in [0.2, 0.25) is 5.91 Å². The second-order valence-corrected chi connectivity index (χ2v) is 7.22. The van der Waals surface area contributed by atoms with Gasteiger partial charge in [-0.1, -0.05) is 42.5 Å². The number of nitro benzene ring substituents is 1. The maximum absolute atomic E-state index is 12.5. The van der Waals surface area contributed by atoms with Crippen LogP contribution in [0.1, 0.15) is 23.5 Å². The zero-order valence-corrected chi connectivity index (χ0v) is 19.1. The first-order valence-corrected chi connectivity index (χ1v) is 10.4. The zero-order chi connectivity index (χ0) is 25.8. The first-order chi connectivity index (χ1) is 16.7. The zero-order valence-electron chi connectivity index (χ0n) is 19.1. The molecule has 35 heavy (non-hydrogen) atoms. The number of nitrogens with zero attached hydrogens (tertiary/aromatic N) is 1. The standard InChI is InChI=1S/C23H25N3O9/c1-33-20(28)12-18(16-8-10-17(11-9-16)26(31)32)21(22(29)34-2)25-19(27)13-24-23(30)35-14-15-6-4-3-5-7-15/h3-11,18,21H,12-14H2,1-2H3,(H,24,30)(H,25,27)/t18-,21+/m1/s1. The third-order valence-corrected chi connectivity index (χ3v) is 4.93. The SMILES string of the molecule is COC(=O)C[C@H](c1ccc([N+](=O)[O-])cc1)[C@H](NC(=O)CNC(=O)OCc1ccccc1)C(=O)OC.